The van der Waals surface area contributed by atoms with Crippen LogP contribution in [0.1, 0.15) is 56.6 Å². The molecule has 1 saturated heterocycles. The molecule has 5 heteroatoms. The van der Waals surface area contributed by atoms with E-state index in [0.717, 1.165) is 18.5 Å². The highest BCUT2D eigenvalue weighted by Gasteiger charge is 2.28. The maximum Gasteiger partial charge on any atom is 0.335 e. The summed E-state index contributed by atoms with van der Waals surface area (Å²) in [4.78, 5) is 15.9. The molecule has 0 atom stereocenters. The summed E-state index contributed by atoms with van der Waals surface area (Å²) in [7, 11) is 0. The number of pyridine rings is 1. The van der Waals surface area contributed by atoms with Crippen LogP contribution in [0.15, 0.2) is 12.1 Å². The van der Waals surface area contributed by atoms with Gasteiger partial charge in [0.25, 0.3) is 0 Å². The van der Waals surface area contributed by atoms with Crippen molar-refractivity contribution < 1.29 is 14.6 Å². The molecule has 0 saturated carbocycles. The molecule has 1 fully saturated rings. The number of anilines is 1. The number of nitrogens with one attached hydrogen (secondary N) is 1. The summed E-state index contributed by atoms with van der Waals surface area (Å²) in [5.41, 5.74) is 0.754. The van der Waals surface area contributed by atoms with Gasteiger partial charge in [-0.3, -0.25) is 0 Å². The lowest BCUT2D eigenvalue weighted by atomic mass is 9.90. The molecule has 0 amide bonds. The lowest BCUT2D eigenvalue weighted by Crippen LogP contribution is -2.41. The third-order valence-corrected chi connectivity index (χ3v) is 3.87. The van der Waals surface area contributed by atoms with Crippen LogP contribution < -0.4 is 5.32 Å². The lowest BCUT2D eigenvalue weighted by Gasteiger charge is -2.35. The zero-order valence-corrected chi connectivity index (χ0v) is 13.2. The van der Waals surface area contributed by atoms with Crippen molar-refractivity contribution in [2.45, 2.75) is 51.5 Å². The Morgan fingerprint density at radius 2 is 1.95 bits per heavy atom. The number of rotatable bonds is 3. The van der Waals surface area contributed by atoms with Gasteiger partial charge in [-0.05, 0) is 31.9 Å². The summed E-state index contributed by atoms with van der Waals surface area (Å²) >= 11 is 0. The molecule has 116 valence electrons. The number of ether oxygens (including phenoxy) is 1. The monoisotopic (exact) mass is 292 g/mol. The van der Waals surface area contributed by atoms with Gasteiger partial charge in [-0.15, -0.1) is 0 Å². The summed E-state index contributed by atoms with van der Waals surface area (Å²) in [6, 6.07) is 3.26. The van der Waals surface area contributed by atoms with Crippen molar-refractivity contribution in [1.29, 1.82) is 0 Å². The molecule has 0 aliphatic carbocycles. The van der Waals surface area contributed by atoms with Crippen molar-refractivity contribution >= 4 is 11.8 Å². The maximum absolute atomic E-state index is 11.3. The summed E-state index contributed by atoms with van der Waals surface area (Å²) < 4.78 is 5.39. The smallest absolute Gasteiger partial charge is 0.335 e. The average molecular weight is 292 g/mol. The van der Waals surface area contributed by atoms with Gasteiger partial charge >= 0.3 is 5.97 Å². The number of aromatic nitrogens is 1. The SMILES string of the molecule is CC1(Nc2cc(C(=O)O)cc(C(C)(C)C)n2)CCOCC1. The number of hydrogen-bond acceptors (Lipinski definition) is 4. The Balaban J connectivity index is 2.34. The summed E-state index contributed by atoms with van der Waals surface area (Å²) in [5.74, 6) is -0.299. The molecule has 1 aliphatic rings. The van der Waals surface area contributed by atoms with Crippen molar-refractivity contribution in [2.75, 3.05) is 18.5 Å². The Morgan fingerprint density at radius 1 is 1.33 bits per heavy atom. The first-order chi connectivity index (χ1) is 9.70. The molecular formula is C16H24N2O3. The predicted octanol–water partition coefficient (Wildman–Crippen LogP) is 3.06. The second-order valence-electron chi connectivity index (χ2n) is 6.98. The minimum atomic E-state index is -0.928. The third-order valence-electron chi connectivity index (χ3n) is 3.87. The van der Waals surface area contributed by atoms with Crippen LogP contribution in [0.4, 0.5) is 5.82 Å². The van der Waals surface area contributed by atoms with Gasteiger partial charge in [0.1, 0.15) is 5.82 Å². The van der Waals surface area contributed by atoms with Gasteiger partial charge < -0.3 is 15.2 Å². The first-order valence-corrected chi connectivity index (χ1v) is 7.31. The van der Waals surface area contributed by atoms with E-state index in [-0.39, 0.29) is 16.5 Å². The summed E-state index contributed by atoms with van der Waals surface area (Å²) in [6.07, 6.45) is 1.77. The summed E-state index contributed by atoms with van der Waals surface area (Å²) in [6.45, 7) is 9.65. The zero-order valence-electron chi connectivity index (χ0n) is 13.2. The third kappa shape index (κ3) is 3.94. The Bertz CT molecular complexity index is 529. The highest BCUT2D eigenvalue weighted by molar-refractivity contribution is 5.88. The van der Waals surface area contributed by atoms with E-state index in [4.69, 9.17) is 4.74 Å². The van der Waals surface area contributed by atoms with E-state index in [1.54, 1.807) is 12.1 Å². The first kappa shape index (κ1) is 15.8. The molecule has 0 spiro atoms. The zero-order chi connectivity index (χ0) is 15.7. The molecule has 1 aromatic rings. The molecule has 2 N–H and O–H groups in total. The van der Waals surface area contributed by atoms with Crippen molar-refractivity contribution in [3.8, 4) is 0 Å². The molecule has 1 aromatic heterocycles. The number of hydrogen-bond donors (Lipinski definition) is 2. The molecule has 0 aromatic carbocycles. The number of carbonyl (C=O) groups is 1. The lowest BCUT2D eigenvalue weighted by molar-refractivity contribution is 0.0655. The van der Waals surface area contributed by atoms with E-state index in [9.17, 15) is 9.90 Å². The first-order valence-electron chi connectivity index (χ1n) is 7.31. The minimum Gasteiger partial charge on any atom is -0.478 e. The predicted molar refractivity (Wildman–Crippen MR) is 82.0 cm³/mol. The molecule has 0 unspecified atom stereocenters. The number of carboxylic acids is 1. The molecular weight excluding hydrogens is 268 g/mol. The quantitative estimate of drug-likeness (QED) is 0.896. The highest BCUT2D eigenvalue weighted by Crippen LogP contribution is 2.28. The van der Waals surface area contributed by atoms with Crippen LogP contribution in [0, 0.1) is 0 Å². The van der Waals surface area contributed by atoms with Gasteiger partial charge in [0.05, 0.1) is 5.56 Å². The van der Waals surface area contributed by atoms with Crippen LogP contribution in [0.2, 0.25) is 0 Å². The largest absolute Gasteiger partial charge is 0.478 e. The van der Waals surface area contributed by atoms with Crippen LogP contribution in [0.3, 0.4) is 0 Å². The van der Waals surface area contributed by atoms with Crippen LogP contribution in [-0.2, 0) is 10.2 Å². The van der Waals surface area contributed by atoms with E-state index >= 15 is 0 Å². The second-order valence-corrected chi connectivity index (χ2v) is 6.98. The maximum atomic E-state index is 11.3. The standard InChI is InChI=1S/C16H24N2O3/c1-15(2,3)12-9-11(14(19)20)10-13(17-12)18-16(4)5-7-21-8-6-16/h9-10H,5-8H2,1-4H3,(H,17,18)(H,19,20). The Hall–Kier alpha value is -1.62. The van der Waals surface area contributed by atoms with Gasteiger partial charge in [-0.1, -0.05) is 20.8 Å². The fourth-order valence-electron chi connectivity index (χ4n) is 2.36. The molecule has 1 aliphatic heterocycles. The highest BCUT2D eigenvalue weighted by atomic mass is 16.5. The number of carboxylic acid groups (broad SMARTS) is 1. The fourth-order valence-corrected chi connectivity index (χ4v) is 2.36. The van der Waals surface area contributed by atoms with Crippen molar-refractivity contribution in [1.82, 2.24) is 4.98 Å². The molecule has 0 bridgehead atoms. The van der Waals surface area contributed by atoms with Gasteiger partial charge in [-0.25, -0.2) is 9.78 Å². The van der Waals surface area contributed by atoms with Gasteiger partial charge in [0.15, 0.2) is 0 Å². The van der Waals surface area contributed by atoms with Crippen LogP contribution in [0.25, 0.3) is 0 Å². The number of aromatic carboxylic acids is 1. The van der Waals surface area contributed by atoms with Crippen LogP contribution in [-0.4, -0.2) is 34.8 Å². The molecule has 0 radical (unpaired) electrons. The van der Waals surface area contributed by atoms with Crippen molar-refractivity contribution in [2.24, 2.45) is 0 Å². The van der Waals surface area contributed by atoms with Gasteiger partial charge in [-0.2, -0.15) is 0 Å². The minimum absolute atomic E-state index is 0.0997. The second kappa shape index (κ2) is 5.64. The molecule has 2 rings (SSSR count). The normalized spacial score (nSPS) is 18.3. The Morgan fingerprint density at radius 3 is 2.48 bits per heavy atom. The average Bonchev–Trinajstić information content (AvgIpc) is 2.37. The molecule has 21 heavy (non-hydrogen) atoms. The van der Waals surface area contributed by atoms with Crippen molar-refractivity contribution in [3.05, 3.63) is 23.4 Å². The fraction of sp³-hybridized carbons (Fsp3) is 0.625. The van der Waals surface area contributed by atoms with Crippen LogP contribution in [0.5, 0.6) is 0 Å². The van der Waals surface area contributed by atoms with Crippen molar-refractivity contribution in [3.63, 3.8) is 0 Å². The van der Waals surface area contributed by atoms with Crippen LogP contribution >= 0.6 is 0 Å². The van der Waals surface area contributed by atoms with E-state index in [1.807, 2.05) is 20.8 Å². The molecule has 2 heterocycles. The topological polar surface area (TPSA) is 71.5 Å². The number of nitrogens with zero attached hydrogens (tertiary/aromatic N) is 1. The van der Waals surface area contributed by atoms with E-state index in [2.05, 4.69) is 17.2 Å². The van der Waals surface area contributed by atoms with E-state index < -0.39 is 5.97 Å². The molecule has 5 nitrogen and oxygen atoms in total. The van der Waals surface area contributed by atoms with E-state index in [1.165, 1.54) is 0 Å². The van der Waals surface area contributed by atoms with E-state index in [0.29, 0.717) is 19.0 Å². The van der Waals surface area contributed by atoms with Gasteiger partial charge in [0.2, 0.25) is 0 Å². The Kier molecular flexibility index (Phi) is 4.23. The summed E-state index contributed by atoms with van der Waals surface area (Å²) in [5, 5.41) is 12.7. The van der Waals surface area contributed by atoms with Gasteiger partial charge in [0, 0.05) is 29.9 Å². The Labute approximate surface area is 125 Å².